The fraction of sp³-hybridized carbons (Fsp3) is 0.417. The number of nitrogens with zero attached hydrogens (tertiary/aromatic N) is 2. The summed E-state index contributed by atoms with van der Waals surface area (Å²) < 4.78 is 17.3. The first-order valence-electron chi connectivity index (χ1n) is 10.8. The summed E-state index contributed by atoms with van der Waals surface area (Å²) in [5.74, 6) is 2.85. The monoisotopic (exact) mass is 405 g/mol. The van der Waals surface area contributed by atoms with Gasteiger partial charge in [0.15, 0.2) is 11.5 Å². The molecule has 0 radical (unpaired) electrons. The van der Waals surface area contributed by atoms with Gasteiger partial charge in [-0.05, 0) is 43.0 Å². The Hall–Kier alpha value is -2.86. The highest BCUT2D eigenvalue weighted by molar-refractivity contribution is 5.84. The van der Waals surface area contributed by atoms with E-state index in [0.29, 0.717) is 24.9 Å². The van der Waals surface area contributed by atoms with Gasteiger partial charge in [0.25, 0.3) is 0 Å². The van der Waals surface area contributed by atoms with Crippen molar-refractivity contribution in [2.45, 2.75) is 45.2 Å². The van der Waals surface area contributed by atoms with E-state index in [4.69, 9.17) is 19.2 Å². The van der Waals surface area contributed by atoms with Gasteiger partial charge < -0.3 is 19.5 Å². The molecule has 5 rings (SSSR count). The maximum absolute atomic E-state index is 6.27. The molecular formula is C24H27N3O3. The molecule has 1 aliphatic carbocycles. The summed E-state index contributed by atoms with van der Waals surface area (Å²) in [5.41, 5.74) is 2.93. The van der Waals surface area contributed by atoms with Crippen LogP contribution in [0.5, 0.6) is 17.4 Å². The SMILES string of the molecule is c1ccc(CNCc2cc3cc4c(cc3nc2OCC2CCCCC2)OCO4)nc1. The summed E-state index contributed by atoms with van der Waals surface area (Å²) >= 11 is 0. The molecule has 1 aliphatic heterocycles. The van der Waals surface area contributed by atoms with Crippen LogP contribution in [0.4, 0.5) is 0 Å². The molecule has 156 valence electrons. The van der Waals surface area contributed by atoms with Gasteiger partial charge in [-0.2, -0.15) is 0 Å². The number of hydrogen-bond acceptors (Lipinski definition) is 6. The van der Waals surface area contributed by atoms with Crippen molar-refractivity contribution in [2.24, 2.45) is 5.92 Å². The number of benzene rings is 1. The second-order valence-electron chi connectivity index (χ2n) is 8.09. The van der Waals surface area contributed by atoms with Gasteiger partial charge in [0, 0.05) is 36.3 Å². The van der Waals surface area contributed by atoms with Gasteiger partial charge in [-0.25, -0.2) is 4.98 Å². The van der Waals surface area contributed by atoms with Crippen LogP contribution in [0.1, 0.15) is 43.4 Å². The van der Waals surface area contributed by atoms with Crippen LogP contribution >= 0.6 is 0 Å². The molecular weight excluding hydrogens is 378 g/mol. The molecule has 1 N–H and O–H groups in total. The van der Waals surface area contributed by atoms with Gasteiger partial charge in [0.1, 0.15) is 0 Å². The molecule has 6 nitrogen and oxygen atoms in total. The summed E-state index contributed by atoms with van der Waals surface area (Å²) in [6.07, 6.45) is 8.28. The van der Waals surface area contributed by atoms with Crippen molar-refractivity contribution in [3.8, 4) is 17.4 Å². The van der Waals surface area contributed by atoms with Gasteiger partial charge in [-0.1, -0.05) is 25.3 Å². The predicted molar refractivity (Wildman–Crippen MR) is 115 cm³/mol. The summed E-state index contributed by atoms with van der Waals surface area (Å²) in [7, 11) is 0. The zero-order valence-corrected chi connectivity index (χ0v) is 17.1. The van der Waals surface area contributed by atoms with E-state index in [1.54, 1.807) is 0 Å². The number of hydrogen-bond donors (Lipinski definition) is 1. The molecule has 30 heavy (non-hydrogen) atoms. The van der Waals surface area contributed by atoms with E-state index in [2.05, 4.69) is 16.4 Å². The Bertz CT molecular complexity index is 1000. The molecule has 1 saturated carbocycles. The topological polar surface area (TPSA) is 65.5 Å². The van der Waals surface area contributed by atoms with Crippen molar-refractivity contribution >= 4 is 10.9 Å². The van der Waals surface area contributed by atoms with Gasteiger partial charge in [-0.3, -0.25) is 4.98 Å². The Kier molecular flexibility index (Phi) is 5.66. The minimum Gasteiger partial charge on any atom is -0.477 e. The van der Waals surface area contributed by atoms with Gasteiger partial charge in [0.05, 0.1) is 17.8 Å². The van der Waals surface area contributed by atoms with Crippen molar-refractivity contribution < 1.29 is 14.2 Å². The second kappa shape index (κ2) is 8.88. The number of pyridine rings is 2. The standard InChI is InChI=1S/C24H27N3O3/c1-2-6-17(7-3-1)15-28-24-19(13-25-14-20-8-4-5-9-26-20)10-18-11-22-23(30-16-29-22)12-21(18)27-24/h4-5,8-12,17,25H,1-3,6-7,13-16H2. The van der Waals surface area contributed by atoms with Crippen LogP contribution in [0.3, 0.4) is 0 Å². The molecule has 3 heterocycles. The number of aromatic nitrogens is 2. The highest BCUT2D eigenvalue weighted by Gasteiger charge is 2.19. The molecule has 0 atom stereocenters. The number of rotatable bonds is 7. The largest absolute Gasteiger partial charge is 0.477 e. The lowest BCUT2D eigenvalue weighted by Crippen LogP contribution is -2.18. The molecule has 0 bridgehead atoms. The molecule has 3 aromatic rings. The molecule has 1 fully saturated rings. The molecule has 0 spiro atoms. The number of fused-ring (bicyclic) bond motifs is 2. The maximum Gasteiger partial charge on any atom is 0.231 e. The zero-order chi connectivity index (χ0) is 20.2. The Morgan fingerprint density at radius 2 is 1.87 bits per heavy atom. The molecule has 1 aromatic carbocycles. The van der Waals surface area contributed by atoms with Crippen LogP contribution in [-0.2, 0) is 13.1 Å². The van der Waals surface area contributed by atoms with E-state index in [-0.39, 0.29) is 6.79 Å². The van der Waals surface area contributed by atoms with Gasteiger partial charge >= 0.3 is 0 Å². The van der Waals surface area contributed by atoms with Crippen LogP contribution in [0, 0.1) is 5.92 Å². The third-order valence-electron chi connectivity index (χ3n) is 5.88. The number of ether oxygens (including phenoxy) is 3. The minimum atomic E-state index is 0.259. The van der Waals surface area contributed by atoms with E-state index in [1.807, 2.05) is 36.5 Å². The second-order valence-corrected chi connectivity index (χ2v) is 8.09. The van der Waals surface area contributed by atoms with Gasteiger partial charge in [0.2, 0.25) is 12.7 Å². The first-order valence-corrected chi connectivity index (χ1v) is 10.8. The summed E-state index contributed by atoms with van der Waals surface area (Å²) in [6, 6.07) is 12.0. The van der Waals surface area contributed by atoms with Crippen molar-refractivity contribution in [1.82, 2.24) is 15.3 Å². The quantitative estimate of drug-likeness (QED) is 0.619. The molecule has 0 saturated heterocycles. The molecule has 6 heteroatoms. The lowest BCUT2D eigenvalue weighted by atomic mass is 9.90. The Morgan fingerprint density at radius 3 is 2.70 bits per heavy atom. The fourth-order valence-electron chi connectivity index (χ4n) is 4.22. The highest BCUT2D eigenvalue weighted by Crippen LogP contribution is 2.37. The van der Waals surface area contributed by atoms with E-state index in [9.17, 15) is 0 Å². The lowest BCUT2D eigenvalue weighted by Gasteiger charge is -2.22. The van der Waals surface area contributed by atoms with E-state index >= 15 is 0 Å². The Balaban J connectivity index is 1.37. The summed E-state index contributed by atoms with van der Waals surface area (Å²) in [6.45, 7) is 2.35. The van der Waals surface area contributed by atoms with E-state index < -0.39 is 0 Å². The first-order chi connectivity index (χ1) is 14.8. The summed E-state index contributed by atoms with van der Waals surface area (Å²) in [4.78, 5) is 9.23. The van der Waals surface area contributed by atoms with Crippen LogP contribution in [0.15, 0.2) is 42.6 Å². The molecule has 0 unspecified atom stereocenters. The molecule has 2 aromatic heterocycles. The smallest absolute Gasteiger partial charge is 0.231 e. The highest BCUT2D eigenvalue weighted by atomic mass is 16.7. The minimum absolute atomic E-state index is 0.259. The number of nitrogens with one attached hydrogen (secondary N) is 1. The molecule has 2 aliphatic rings. The first kappa shape index (κ1) is 19.1. The Labute approximate surface area is 176 Å². The molecule has 0 amide bonds. The van der Waals surface area contributed by atoms with E-state index in [1.165, 1.54) is 32.1 Å². The van der Waals surface area contributed by atoms with Crippen molar-refractivity contribution in [2.75, 3.05) is 13.4 Å². The zero-order valence-electron chi connectivity index (χ0n) is 17.1. The predicted octanol–water partition coefficient (Wildman–Crippen LogP) is 4.61. The average Bonchev–Trinajstić information content (AvgIpc) is 3.25. The van der Waals surface area contributed by atoms with Gasteiger partial charge in [-0.15, -0.1) is 0 Å². The maximum atomic E-state index is 6.27. The summed E-state index contributed by atoms with van der Waals surface area (Å²) in [5, 5.41) is 4.50. The van der Waals surface area contributed by atoms with Crippen molar-refractivity contribution in [3.05, 3.63) is 53.9 Å². The van der Waals surface area contributed by atoms with E-state index in [0.717, 1.165) is 40.3 Å². The van der Waals surface area contributed by atoms with Crippen molar-refractivity contribution in [3.63, 3.8) is 0 Å². The van der Waals surface area contributed by atoms with Crippen LogP contribution in [0.25, 0.3) is 10.9 Å². The fourth-order valence-corrected chi connectivity index (χ4v) is 4.22. The third-order valence-corrected chi connectivity index (χ3v) is 5.88. The average molecular weight is 405 g/mol. The Morgan fingerprint density at radius 1 is 1.00 bits per heavy atom. The lowest BCUT2D eigenvalue weighted by molar-refractivity contribution is 0.174. The van der Waals surface area contributed by atoms with Crippen molar-refractivity contribution in [1.29, 1.82) is 0 Å². The van der Waals surface area contributed by atoms with Crippen LogP contribution in [0.2, 0.25) is 0 Å². The normalized spacial score (nSPS) is 16.1. The van der Waals surface area contributed by atoms with Crippen LogP contribution < -0.4 is 19.5 Å². The third kappa shape index (κ3) is 4.33. The van der Waals surface area contributed by atoms with Crippen LogP contribution in [-0.4, -0.2) is 23.4 Å².